The van der Waals surface area contributed by atoms with E-state index in [4.69, 9.17) is 9.97 Å². The lowest BCUT2D eigenvalue weighted by Gasteiger charge is -2.14. The molecule has 4 nitrogen and oxygen atoms in total. The van der Waals surface area contributed by atoms with Crippen LogP contribution in [-0.4, -0.2) is 19.1 Å². The van der Waals surface area contributed by atoms with E-state index >= 15 is 0 Å². The highest BCUT2D eigenvalue weighted by Gasteiger charge is 2.22. The maximum absolute atomic E-state index is 5.15. The van der Waals surface area contributed by atoms with Crippen LogP contribution < -0.4 is 0 Å². The summed E-state index contributed by atoms with van der Waals surface area (Å²) in [6.45, 7) is 0. The molecule has 17 rings (SSSR count). The Morgan fingerprint density at radius 3 is 1.23 bits per heavy atom. The molecule has 0 N–H and O–H groups in total. The van der Waals surface area contributed by atoms with Crippen molar-refractivity contribution < 1.29 is 0 Å². The summed E-state index contributed by atoms with van der Waals surface area (Å²) in [5.74, 6) is 0.691. The van der Waals surface area contributed by atoms with Crippen molar-refractivity contribution in [2.24, 2.45) is 0 Å². The second-order valence-electron chi connectivity index (χ2n) is 20.8. The zero-order valence-corrected chi connectivity index (χ0v) is 44.7. The average Bonchev–Trinajstić information content (AvgIpc) is 4.43. The molecule has 0 fully saturated rings. The number of para-hydroxylation sites is 3. The van der Waals surface area contributed by atoms with Gasteiger partial charge in [0, 0.05) is 69.8 Å². The van der Waals surface area contributed by atoms with E-state index in [9.17, 15) is 0 Å². The van der Waals surface area contributed by atoms with Crippen molar-refractivity contribution in [3.8, 4) is 56.4 Å². The van der Waals surface area contributed by atoms with Crippen molar-refractivity contribution in [1.29, 1.82) is 0 Å². The topological polar surface area (TPSA) is 35.6 Å². The van der Waals surface area contributed by atoms with Gasteiger partial charge in [-0.3, -0.25) is 0 Å². The van der Waals surface area contributed by atoms with Gasteiger partial charge in [0.2, 0.25) is 0 Å². The number of hydrogen-bond donors (Lipinski definition) is 0. The van der Waals surface area contributed by atoms with E-state index in [1.807, 2.05) is 23.5 Å². The van der Waals surface area contributed by atoms with Gasteiger partial charge in [0.25, 0.3) is 0 Å². The normalized spacial score (nSPS) is 11.7. The molecule has 4 aromatic heterocycles. The molecule has 17 aromatic rings. The average molecular weight is 1050 g/mol. The molecule has 0 bridgehead atoms. The summed E-state index contributed by atoms with van der Waals surface area (Å²) in [6.07, 6.45) is 0. The lowest BCUT2D eigenvalue weighted by molar-refractivity contribution is 1.14. The lowest BCUT2D eigenvalue weighted by Crippen LogP contribution is -2.00. The first-order valence-corrected chi connectivity index (χ1v) is 28.4. The van der Waals surface area contributed by atoms with E-state index < -0.39 is 0 Å². The van der Waals surface area contributed by atoms with Gasteiger partial charge in [-0.1, -0.05) is 231 Å². The minimum atomic E-state index is 0.691. The van der Waals surface area contributed by atoms with Crippen LogP contribution in [0.15, 0.2) is 291 Å². The van der Waals surface area contributed by atoms with E-state index in [0.29, 0.717) is 5.82 Å². The van der Waals surface area contributed by atoms with Crippen molar-refractivity contribution in [3.63, 3.8) is 0 Å². The third kappa shape index (κ3) is 7.81. The summed E-state index contributed by atoms with van der Waals surface area (Å²) >= 11 is 1.88. The molecule has 0 radical (unpaired) electrons. The van der Waals surface area contributed by atoms with Gasteiger partial charge in [-0.15, -0.1) is 11.3 Å². The fraction of sp³-hybridized carbons (Fsp3) is 0. The number of aromatic nitrogens is 4. The minimum Gasteiger partial charge on any atom is -0.307 e. The Kier molecular flexibility index (Phi) is 11.0. The molecule has 0 aliphatic rings. The Balaban J connectivity index is 0.000000149. The molecule has 0 unspecified atom stereocenters. The molecule has 4 heterocycles. The van der Waals surface area contributed by atoms with E-state index in [1.165, 1.54) is 102 Å². The summed E-state index contributed by atoms with van der Waals surface area (Å²) < 4.78 is 7.55. The monoisotopic (exact) mass is 1050 g/mol. The third-order valence-corrected chi connectivity index (χ3v) is 17.3. The molecule has 5 heteroatoms. The van der Waals surface area contributed by atoms with Crippen molar-refractivity contribution in [2.45, 2.75) is 0 Å². The fourth-order valence-corrected chi connectivity index (χ4v) is 13.6. The minimum absolute atomic E-state index is 0.691. The molecule has 81 heavy (non-hydrogen) atoms. The quantitative estimate of drug-likeness (QED) is 0.156. The zero-order valence-electron chi connectivity index (χ0n) is 43.9. The summed E-state index contributed by atoms with van der Waals surface area (Å²) in [7, 11) is 0. The Labute approximate surface area is 471 Å². The van der Waals surface area contributed by atoms with Gasteiger partial charge in [-0.05, 0) is 104 Å². The first kappa shape index (κ1) is 46.6. The van der Waals surface area contributed by atoms with E-state index in [0.717, 1.165) is 45.0 Å². The molecule has 0 saturated heterocycles. The van der Waals surface area contributed by atoms with Crippen molar-refractivity contribution >= 4 is 107 Å². The van der Waals surface area contributed by atoms with Gasteiger partial charge in [-0.25, -0.2) is 9.97 Å². The maximum Gasteiger partial charge on any atom is 0.160 e. The maximum atomic E-state index is 5.15. The highest BCUT2D eigenvalue weighted by molar-refractivity contribution is 7.25. The fourth-order valence-electron chi connectivity index (χ4n) is 12.5. The van der Waals surface area contributed by atoms with Crippen LogP contribution in [0.25, 0.3) is 153 Å². The molecule has 0 amide bonds. The predicted octanol–water partition coefficient (Wildman–Crippen LogP) is 20.9. The van der Waals surface area contributed by atoms with Gasteiger partial charge >= 0.3 is 0 Å². The van der Waals surface area contributed by atoms with Gasteiger partial charge in [0.1, 0.15) is 0 Å². The van der Waals surface area contributed by atoms with Crippen LogP contribution in [0, 0.1) is 0 Å². The summed E-state index contributed by atoms with van der Waals surface area (Å²) in [6, 6.07) is 104. The Bertz CT molecular complexity index is 5190. The molecule has 13 aromatic carbocycles. The number of thiophene rings is 1. The Morgan fingerprint density at radius 1 is 0.235 bits per heavy atom. The van der Waals surface area contributed by atoms with E-state index in [-0.39, 0.29) is 0 Å². The number of hydrogen-bond acceptors (Lipinski definition) is 3. The molecule has 0 aliphatic heterocycles. The van der Waals surface area contributed by atoms with Crippen LogP contribution in [0.4, 0.5) is 0 Å². The highest BCUT2D eigenvalue weighted by atomic mass is 32.1. The summed E-state index contributed by atoms with van der Waals surface area (Å²) in [5, 5.41) is 15.5. The van der Waals surface area contributed by atoms with Crippen LogP contribution >= 0.6 is 11.3 Å². The standard InChI is InChI=1S/C46H30N4.C30H18S/c1-4-15-31(16-5-1)40-30-41(32-17-6-2-7-18-32)48-46(47-40)33-19-14-22-35(29-33)50-43-26-13-11-24-37(43)39-28-27-38-36-23-10-12-25-42(36)49(44(38)45(39)50)34-20-8-3-9-21-34;1-2-9-23-21(7-1)22-8-3-4-10-24(22)28-17-19(13-15-25(23)28)20-14-16-27-26-11-5-6-12-29(26)31-30(27)18-20/h1-30H;1-18H. The number of rotatable bonds is 6. The summed E-state index contributed by atoms with van der Waals surface area (Å²) in [4.78, 5) is 10.3. The third-order valence-electron chi connectivity index (χ3n) is 16.2. The largest absolute Gasteiger partial charge is 0.307 e. The van der Waals surface area contributed by atoms with Gasteiger partial charge in [-0.2, -0.15) is 0 Å². The van der Waals surface area contributed by atoms with Gasteiger partial charge in [0.05, 0.1) is 33.5 Å². The number of benzene rings is 13. The second kappa shape index (κ2) is 19.2. The van der Waals surface area contributed by atoms with E-state index in [1.54, 1.807) is 0 Å². The van der Waals surface area contributed by atoms with Crippen LogP contribution in [0.5, 0.6) is 0 Å². The van der Waals surface area contributed by atoms with Crippen LogP contribution in [0.3, 0.4) is 0 Å². The Hall–Kier alpha value is -10.5. The molecule has 0 aliphatic carbocycles. The first-order valence-electron chi connectivity index (χ1n) is 27.5. The van der Waals surface area contributed by atoms with Crippen molar-refractivity contribution in [2.75, 3.05) is 0 Å². The molecular weight excluding hydrogens is 1000 g/mol. The van der Waals surface area contributed by atoms with Crippen molar-refractivity contribution in [3.05, 3.63) is 291 Å². The van der Waals surface area contributed by atoms with E-state index in [2.05, 4.69) is 288 Å². The highest BCUT2D eigenvalue weighted by Crippen LogP contribution is 2.44. The van der Waals surface area contributed by atoms with Crippen LogP contribution in [0.1, 0.15) is 0 Å². The smallest absolute Gasteiger partial charge is 0.160 e. The molecule has 0 saturated carbocycles. The van der Waals surface area contributed by atoms with Crippen LogP contribution in [-0.2, 0) is 0 Å². The second-order valence-corrected chi connectivity index (χ2v) is 21.9. The summed E-state index contributed by atoms with van der Waals surface area (Å²) in [5.41, 5.74) is 14.3. The molecular formula is C76H48N4S. The SMILES string of the molecule is c1ccc(-c2cc(-c3ccccc3)nc(-c3cccc(-n4c5ccccc5c5ccc6c7ccccc7n(-c7ccccc7)c6c54)c3)n2)cc1.c1ccc2c(c1)sc1cc(-c3ccc4c5ccccc5c5ccccc5c4c3)ccc12. The molecule has 0 atom stereocenters. The number of fused-ring (bicyclic) bond motifs is 16. The first-order chi connectivity index (χ1) is 40.2. The van der Waals surface area contributed by atoms with Gasteiger partial charge in [0.15, 0.2) is 5.82 Å². The molecule has 378 valence electrons. The predicted molar refractivity (Wildman–Crippen MR) is 344 cm³/mol. The number of nitrogens with zero attached hydrogens (tertiary/aromatic N) is 4. The van der Waals surface area contributed by atoms with Crippen LogP contribution in [0.2, 0.25) is 0 Å². The lowest BCUT2D eigenvalue weighted by atomic mass is 9.92. The Morgan fingerprint density at radius 2 is 0.642 bits per heavy atom. The molecule has 0 spiro atoms. The zero-order chi connectivity index (χ0) is 53.4. The van der Waals surface area contributed by atoms with Crippen molar-refractivity contribution in [1.82, 2.24) is 19.1 Å². The van der Waals surface area contributed by atoms with Gasteiger partial charge < -0.3 is 9.13 Å².